The summed E-state index contributed by atoms with van der Waals surface area (Å²) in [4.78, 5) is 62.6. The molecule has 0 saturated heterocycles. The van der Waals surface area contributed by atoms with Crippen molar-refractivity contribution in [2.75, 3.05) is 0 Å². The van der Waals surface area contributed by atoms with Crippen LogP contribution in [0.15, 0.2) is 35.1 Å². The van der Waals surface area contributed by atoms with Gasteiger partial charge in [0, 0.05) is 23.8 Å². The molecule has 3 aliphatic carbocycles. The topological polar surface area (TPSA) is 222 Å². The van der Waals surface area contributed by atoms with Crippen LogP contribution >= 0.6 is 0 Å². The molecule has 0 heterocycles. The maximum absolute atomic E-state index is 14.0. The SMILES string of the molecule is CCCCC[C@H]1c2cccc(O)c2C(O)=C2C(=O)[C@]3(O)C(O)=C(C(N)=O)C(=O)C[C@@H]3[C@@H](OC(=O)CC(=O)O)[C@@H]21. The van der Waals surface area contributed by atoms with Crippen LogP contribution in [0, 0.1) is 11.8 Å². The van der Waals surface area contributed by atoms with Gasteiger partial charge >= 0.3 is 11.9 Å². The highest BCUT2D eigenvalue weighted by Crippen LogP contribution is 2.57. The van der Waals surface area contributed by atoms with E-state index in [4.69, 9.17) is 15.6 Å². The van der Waals surface area contributed by atoms with Crippen LogP contribution in [-0.4, -0.2) is 66.6 Å². The summed E-state index contributed by atoms with van der Waals surface area (Å²) < 4.78 is 5.54. The number of phenolic OH excluding ortho intramolecular Hbond substituents is 1. The predicted octanol–water partition coefficient (Wildman–Crippen LogP) is 1.54. The van der Waals surface area contributed by atoms with Crippen molar-refractivity contribution in [3.8, 4) is 5.75 Å². The molecular weight excluding hydrogens is 514 g/mol. The Morgan fingerprint density at radius 2 is 1.82 bits per heavy atom. The summed E-state index contributed by atoms with van der Waals surface area (Å²) in [5.74, 6) is -12.4. The van der Waals surface area contributed by atoms with E-state index < -0.39 is 94.4 Å². The van der Waals surface area contributed by atoms with E-state index in [0.29, 0.717) is 18.4 Å². The van der Waals surface area contributed by atoms with Crippen LogP contribution in [0.2, 0.25) is 0 Å². The second-order valence-electron chi connectivity index (χ2n) is 10.1. The lowest BCUT2D eigenvalue weighted by Gasteiger charge is -2.52. The van der Waals surface area contributed by atoms with Crippen molar-refractivity contribution >= 4 is 35.2 Å². The molecule has 7 N–H and O–H groups in total. The monoisotopic (exact) mass is 543 g/mol. The Bertz CT molecular complexity index is 1340. The molecule has 5 atom stereocenters. The summed E-state index contributed by atoms with van der Waals surface area (Å²) in [6.45, 7) is 1.97. The van der Waals surface area contributed by atoms with Crippen molar-refractivity contribution in [3.05, 3.63) is 46.2 Å². The zero-order valence-corrected chi connectivity index (χ0v) is 21.0. The van der Waals surface area contributed by atoms with Crippen molar-refractivity contribution in [1.29, 1.82) is 0 Å². The number of aromatic hydroxyl groups is 1. The minimum Gasteiger partial charge on any atom is -0.508 e. The molecule has 1 saturated carbocycles. The standard InChI is InChI=1S/C27H29NO11/c1-2-3-4-6-12-11-7-5-8-14(29)18(11)22(34)21-19(12)23(39-17(33)10-16(31)32)13-9-15(30)20(26(28)37)24(35)27(13,38)25(21)36/h5,7-8,12-13,19,23,29,34-35,38H,2-4,6,9-10H2,1H3,(H2,28,37)(H,31,32)/t12-,13+,19+,23+,27+/m0/s1. The quantitative estimate of drug-likeness (QED) is 0.119. The van der Waals surface area contributed by atoms with E-state index in [-0.39, 0.29) is 11.3 Å². The Hall–Kier alpha value is -4.19. The van der Waals surface area contributed by atoms with Crippen LogP contribution in [0.1, 0.15) is 62.5 Å². The van der Waals surface area contributed by atoms with E-state index in [1.807, 2.05) is 6.92 Å². The first-order chi connectivity index (χ1) is 18.4. The lowest BCUT2D eigenvalue weighted by atomic mass is 9.55. The fraction of sp³-hybridized carbons (Fsp3) is 0.444. The van der Waals surface area contributed by atoms with Crippen molar-refractivity contribution in [3.63, 3.8) is 0 Å². The minimum atomic E-state index is -3.01. The molecular formula is C27H29NO11. The second kappa shape index (κ2) is 10.2. The molecule has 1 aromatic rings. The Balaban J connectivity index is 2.01. The van der Waals surface area contributed by atoms with Crippen molar-refractivity contribution < 1.29 is 54.2 Å². The zero-order chi connectivity index (χ0) is 28.8. The minimum absolute atomic E-state index is 0.0817. The Morgan fingerprint density at radius 1 is 1.13 bits per heavy atom. The number of rotatable bonds is 8. The number of hydrogen-bond acceptors (Lipinski definition) is 10. The van der Waals surface area contributed by atoms with Gasteiger partial charge in [-0.25, -0.2) is 0 Å². The molecule has 12 heteroatoms. The average molecular weight is 544 g/mol. The van der Waals surface area contributed by atoms with Crippen LogP contribution in [0.4, 0.5) is 0 Å². The predicted molar refractivity (Wildman–Crippen MR) is 132 cm³/mol. The third-order valence-electron chi connectivity index (χ3n) is 7.82. The number of esters is 1. The largest absolute Gasteiger partial charge is 0.508 e. The van der Waals surface area contributed by atoms with Crippen molar-refractivity contribution in [1.82, 2.24) is 0 Å². The van der Waals surface area contributed by atoms with Gasteiger partial charge in [0.1, 0.15) is 35.4 Å². The number of carbonyl (C=O) groups is 5. The number of nitrogens with two attached hydrogens (primary N) is 1. The number of hydrogen-bond donors (Lipinski definition) is 6. The number of phenols is 1. The molecule has 12 nitrogen and oxygen atoms in total. The second-order valence-corrected chi connectivity index (χ2v) is 10.1. The number of unbranched alkanes of at least 4 members (excludes halogenated alkanes) is 2. The third-order valence-corrected chi connectivity index (χ3v) is 7.82. The normalized spacial score (nSPS) is 27.9. The van der Waals surface area contributed by atoms with Gasteiger partial charge in [0.25, 0.3) is 5.91 Å². The average Bonchev–Trinajstić information content (AvgIpc) is 2.84. The number of carboxylic acids is 1. The maximum Gasteiger partial charge on any atom is 0.317 e. The number of aliphatic carboxylic acids is 1. The van der Waals surface area contributed by atoms with Crippen molar-refractivity contribution in [2.24, 2.45) is 17.6 Å². The van der Waals surface area contributed by atoms with Crippen molar-refractivity contribution in [2.45, 2.75) is 63.1 Å². The lowest BCUT2D eigenvalue weighted by molar-refractivity contribution is -0.180. The summed E-state index contributed by atoms with van der Waals surface area (Å²) in [7, 11) is 0. The van der Waals surface area contributed by atoms with E-state index in [0.717, 1.165) is 12.8 Å². The van der Waals surface area contributed by atoms with Gasteiger partial charge in [0.2, 0.25) is 5.78 Å². The molecule has 1 aromatic carbocycles. The van der Waals surface area contributed by atoms with Gasteiger partial charge in [0.05, 0.1) is 5.56 Å². The number of carbonyl (C=O) groups excluding carboxylic acids is 4. The summed E-state index contributed by atoms with van der Waals surface area (Å²) >= 11 is 0. The highest BCUT2D eigenvalue weighted by Gasteiger charge is 2.66. The molecule has 1 fully saturated rings. The maximum atomic E-state index is 14.0. The van der Waals surface area contributed by atoms with Crippen LogP contribution < -0.4 is 5.73 Å². The molecule has 0 aromatic heterocycles. The first-order valence-corrected chi connectivity index (χ1v) is 12.6. The first kappa shape index (κ1) is 27.8. The molecule has 208 valence electrons. The molecule has 0 bridgehead atoms. The van der Waals surface area contributed by atoms with E-state index in [2.05, 4.69) is 0 Å². The summed E-state index contributed by atoms with van der Waals surface area (Å²) in [5.41, 5.74) is 1.07. The van der Waals surface area contributed by atoms with Gasteiger partial charge in [-0.1, -0.05) is 38.3 Å². The van der Waals surface area contributed by atoms with Crippen LogP contribution in [-0.2, 0) is 28.7 Å². The molecule has 39 heavy (non-hydrogen) atoms. The Labute approximate surface area is 222 Å². The molecule has 1 amide bonds. The number of fused-ring (bicyclic) bond motifs is 3. The number of amides is 1. The highest BCUT2D eigenvalue weighted by atomic mass is 16.5. The molecule has 0 unspecified atom stereocenters. The van der Waals surface area contributed by atoms with E-state index in [1.54, 1.807) is 6.07 Å². The number of primary amides is 1. The summed E-state index contributed by atoms with van der Waals surface area (Å²) in [5, 5.41) is 53.6. The Kier molecular flexibility index (Phi) is 7.26. The Morgan fingerprint density at radius 3 is 2.44 bits per heavy atom. The van der Waals surface area contributed by atoms with E-state index >= 15 is 0 Å². The van der Waals surface area contributed by atoms with Gasteiger partial charge in [-0.05, 0) is 24.0 Å². The number of Topliss-reactive ketones (excluding diaryl/α,β-unsaturated/α-hetero) is 2. The number of carboxylic acid groups (broad SMARTS) is 1. The smallest absolute Gasteiger partial charge is 0.317 e. The number of aliphatic hydroxyl groups is 3. The number of benzene rings is 1. The van der Waals surface area contributed by atoms with Gasteiger partial charge in [-0.2, -0.15) is 0 Å². The number of ether oxygens (including phenoxy) is 1. The van der Waals surface area contributed by atoms with Crippen LogP contribution in [0.25, 0.3) is 5.76 Å². The first-order valence-electron chi connectivity index (χ1n) is 12.6. The molecule has 0 spiro atoms. The molecule has 0 radical (unpaired) electrons. The van der Waals surface area contributed by atoms with Gasteiger partial charge in [0.15, 0.2) is 11.4 Å². The van der Waals surface area contributed by atoms with Gasteiger partial charge in [-0.15, -0.1) is 0 Å². The fourth-order valence-electron chi connectivity index (χ4n) is 6.17. The van der Waals surface area contributed by atoms with Gasteiger partial charge < -0.3 is 36.0 Å². The summed E-state index contributed by atoms with van der Waals surface area (Å²) in [6, 6.07) is 4.44. The third kappa shape index (κ3) is 4.34. The number of ketones is 2. The zero-order valence-electron chi connectivity index (χ0n) is 21.0. The molecule has 3 aliphatic rings. The molecule has 0 aliphatic heterocycles. The summed E-state index contributed by atoms with van der Waals surface area (Å²) in [6.07, 6.45) is -0.798. The lowest BCUT2D eigenvalue weighted by Crippen LogP contribution is -2.64. The highest BCUT2D eigenvalue weighted by molar-refractivity contribution is 6.23. The van der Waals surface area contributed by atoms with Crippen LogP contribution in [0.5, 0.6) is 5.75 Å². The van der Waals surface area contributed by atoms with E-state index in [9.17, 15) is 44.4 Å². The molecule has 4 rings (SSSR count). The van der Waals surface area contributed by atoms with Crippen LogP contribution in [0.3, 0.4) is 0 Å². The number of aliphatic hydroxyl groups excluding tert-OH is 2. The van der Waals surface area contributed by atoms with E-state index in [1.165, 1.54) is 12.1 Å². The fourth-order valence-corrected chi connectivity index (χ4v) is 6.17. The van der Waals surface area contributed by atoms with Gasteiger partial charge in [-0.3, -0.25) is 24.0 Å².